The number of aldehydes is 1. The van der Waals surface area contributed by atoms with Crippen LogP contribution < -0.4 is 0 Å². The van der Waals surface area contributed by atoms with Crippen molar-refractivity contribution in [3.05, 3.63) is 35.5 Å². The molecule has 1 aliphatic carbocycles. The monoisotopic (exact) mass is 148 g/mol. The molecule has 1 aliphatic rings. The quantitative estimate of drug-likeness (QED) is 0.549. The van der Waals surface area contributed by atoms with E-state index < -0.39 is 0 Å². The number of allylic oxidation sites excluding steroid dienone is 6. The smallest absolute Gasteiger partial charge is 0.124 e. The van der Waals surface area contributed by atoms with Gasteiger partial charge in [0, 0.05) is 6.42 Å². The third-order valence-corrected chi connectivity index (χ3v) is 1.80. The van der Waals surface area contributed by atoms with E-state index in [-0.39, 0.29) is 0 Å². The van der Waals surface area contributed by atoms with Gasteiger partial charge in [-0.2, -0.15) is 0 Å². The van der Waals surface area contributed by atoms with Crippen molar-refractivity contribution in [2.24, 2.45) is 0 Å². The maximum atomic E-state index is 10.1. The highest BCUT2D eigenvalue weighted by atomic mass is 16.1. The minimum atomic E-state index is 0.549. The molecule has 0 bridgehead atoms. The fraction of sp³-hybridized carbons (Fsp3) is 0.300. The molecule has 1 nitrogen and oxygen atoms in total. The number of rotatable bonds is 2. The van der Waals surface area contributed by atoms with Crippen LogP contribution in [0, 0.1) is 0 Å². The van der Waals surface area contributed by atoms with Gasteiger partial charge in [0.05, 0.1) is 0 Å². The molecular weight excluding hydrogens is 136 g/mol. The first-order valence-electron chi connectivity index (χ1n) is 3.82. The van der Waals surface area contributed by atoms with Crippen molar-refractivity contribution < 1.29 is 4.79 Å². The van der Waals surface area contributed by atoms with Crippen molar-refractivity contribution >= 4 is 6.29 Å². The van der Waals surface area contributed by atoms with Crippen LogP contribution in [-0.2, 0) is 4.79 Å². The fourth-order valence-corrected chi connectivity index (χ4v) is 1.06. The first-order chi connectivity index (χ1) is 5.36. The summed E-state index contributed by atoms with van der Waals surface area (Å²) < 4.78 is 0. The molecule has 58 valence electrons. The Hall–Kier alpha value is -1.11. The normalized spacial score (nSPS) is 20.1. The molecule has 0 aromatic rings. The average Bonchev–Trinajstić information content (AvgIpc) is 2.07. The average molecular weight is 148 g/mol. The lowest BCUT2D eigenvalue weighted by Gasteiger charge is -2.05. The second-order valence-electron chi connectivity index (χ2n) is 2.55. The van der Waals surface area contributed by atoms with E-state index in [0.29, 0.717) is 6.42 Å². The third-order valence-electron chi connectivity index (χ3n) is 1.80. The number of carbonyl (C=O) groups excluding carboxylic acids is 1. The Kier molecular flexibility index (Phi) is 2.84. The highest BCUT2D eigenvalue weighted by molar-refractivity contribution is 5.57. The summed E-state index contributed by atoms with van der Waals surface area (Å²) >= 11 is 0. The van der Waals surface area contributed by atoms with Crippen LogP contribution in [0.4, 0.5) is 0 Å². The molecule has 0 radical (unpaired) electrons. The van der Waals surface area contributed by atoms with Crippen molar-refractivity contribution in [2.45, 2.75) is 19.8 Å². The third kappa shape index (κ3) is 2.19. The Balaban J connectivity index is 2.59. The van der Waals surface area contributed by atoms with Crippen LogP contribution in [0.15, 0.2) is 35.5 Å². The second-order valence-corrected chi connectivity index (χ2v) is 2.55. The summed E-state index contributed by atoms with van der Waals surface area (Å²) in [6, 6.07) is 0. The van der Waals surface area contributed by atoms with Crippen molar-refractivity contribution in [3.8, 4) is 0 Å². The summed E-state index contributed by atoms with van der Waals surface area (Å²) in [7, 11) is 0. The molecule has 0 aliphatic heterocycles. The van der Waals surface area contributed by atoms with Crippen LogP contribution in [0.5, 0.6) is 0 Å². The van der Waals surface area contributed by atoms with Crippen LogP contribution in [0.25, 0.3) is 0 Å². The summed E-state index contributed by atoms with van der Waals surface area (Å²) in [5.41, 5.74) is 2.45. The molecule has 1 heteroatoms. The van der Waals surface area contributed by atoms with Crippen LogP contribution in [0.2, 0.25) is 0 Å². The molecule has 0 N–H and O–H groups in total. The lowest BCUT2D eigenvalue weighted by Crippen LogP contribution is -1.88. The lowest BCUT2D eigenvalue weighted by molar-refractivity contribution is -0.107. The largest absolute Gasteiger partial charge is 0.303 e. The first-order valence-corrected chi connectivity index (χ1v) is 3.82. The lowest BCUT2D eigenvalue weighted by atomic mass is 10.0. The molecule has 0 heterocycles. The van der Waals surface area contributed by atoms with Crippen LogP contribution >= 0.6 is 0 Å². The predicted molar refractivity (Wildman–Crippen MR) is 46.3 cm³/mol. The topological polar surface area (TPSA) is 17.1 Å². The van der Waals surface area contributed by atoms with E-state index in [1.165, 1.54) is 5.57 Å². The van der Waals surface area contributed by atoms with Gasteiger partial charge in [0.1, 0.15) is 6.29 Å². The molecule has 0 aromatic carbocycles. The molecule has 0 aromatic heterocycles. The molecule has 1 rings (SSSR count). The van der Waals surface area contributed by atoms with E-state index in [0.717, 1.165) is 18.3 Å². The highest BCUT2D eigenvalue weighted by Crippen LogP contribution is 2.16. The minimum absolute atomic E-state index is 0.549. The van der Waals surface area contributed by atoms with Crippen LogP contribution in [0.3, 0.4) is 0 Å². The van der Waals surface area contributed by atoms with Gasteiger partial charge in [-0.15, -0.1) is 0 Å². The maximum absolute atomic E-state index is 10.1. The van der Waals surface area contributed by atoms with E-state index in [2.05, 4.69) is 18.2 Å². The van der Waals surface area contributed by atoms with Crippen molar-refractivity contribution in [1.29, 1.82) is 0 Å². The second kappa shape index (κ2) is 3.91. The van der Waals surface area contributed by atoms with E-state index in [4.69, 9.17) is 0 Å². The van der Waals surface area contributed by atoms with Crippen molar-refractivity contribution in [3.63, 3.8) is 0 Å². The van der Waals surface area contributed by atoms with Gasteiger partial charge in [0.15, 0.2) is 0 Å². The number of carbonyl (C=O) groups is 1. The summed E-state index contributed by atoms with van der Waals surface area (Å²) in [5, 5.41) is 0. The Morgan fingerprint density at radius 3 is 2.82 bits per heavy atom. The molecule has 0 atom stereocenters. The summed E-state index contributed by atoms with van der Waals surface area (Å²) in [6.07, 6.45) is 10.7. The van der Waals surface area contributed by atoms with E-state index in [1.54, 1.807) is 0 Å². The number of hydrogen-bond donors (Lipinski definition) is 0. The van der Waals surface area contributed by atoms with Gasteiger partial charge in [0.25, 0.3) is 0 Å². The Morgan fingerprint density at radius 1 is 1.55 bits per heavy atom. The summed E-state index contributed by atoms with van der Waals surface area (Å²) in [6.45, 7) is 2.03. The highest BCUT2D eigenvalue weighted by Gasteiger charge is 1.98. The summed E-state index contributed by atoms with van der Waals surface area (Å²) in [4.78, 5) is 10.1. The first kappa shape index (κ1) is 7.99. The van der Waals surface area contributed by atoms with Crippen molar-refractivity contribution in [1.82, 2.24) is 0 Å². The van der Waals surface area contributed by atoms with E-state index in [1.807, 2.05) is 13.0 Å². The van der Waals surface area contributed by atoms with Gasteiger partial charge in [-0.25, -0.2) is 0 Å². The zero-order valence-electron chi connectivity index (χ0n) is 6.71. The molecule has 11 heavy (non-hydrogen) atoms. The predicted octanol–water partition coefficient (Wildman–Crippen LogP) is 2.41. The molecule has 0 saturated heterocycles. The zero-order valence-corrected chi connectivity index (χ0v) is 6.71. The maximum Gasteiger partial charge on any atom is 0.124 e. The Bertz CT molecular complexity index is 231. The Labute approximate surface area is 67.1 Å². The van der Waals surface area contributed by atoms with Crippen LogP contribution in [-0.4, -0.2) is 6.29 Å². The SMILES string of the molecule is CC=C1C=CC(CC=O)=CC1. The number of hydrogen-bond acceptors (Lipinski definition) is 1. The van der Waals surface area contributed by atoms with E-state index in [9.17, 15) is 4.79 Å². The standard InChI is InChI=1S/C10H12O/c1-2-9-3-5-10(6-4-9)7-8-11/h2-3,5-6,8H,4,7H2,1H3. The van der Waals surface area contributed by atoms with Gasteiger partial charge < -0.3 is 4.79 Å². The minimum Gasteiger partial charge on any atom is -0.303 e. The summed E-state index contributed by atoms with van der Waals surface area (Å²) in [5.74, 6) is 0. The molecule has 0 fully saturated rings. The van der Waals surface area contributed by atoms with E-state index >= 15 is 0 Å². The molecule has 0 saturated carbocycles. The molecular formula is C10H12O. The van der Waals surface area contributed by atoms with Gasteiger partial charge in [-0.1, -0.05) is 24.3 Å². The van der Waals surface area contributed by atoms with Crippen molar-refractivity contribution in [2.75, 3.05) is 0 Å². The van der Waals surface area contributed by atoms with Gasteiger partial charge >= 0.3 is 0 Å². The molecule has 0 amide bonds. The Morgan fingerprint density at radius 2 is 2.36 bits per heavy atom. The molecule has 0 unspecified atom stereocenters. The van der Waals surface area contributed by atoms with Gasteiger partial charge in [-0.3, -0.25) is 0 Å². The molecule has 0 spiro atoms. The zero-order chi connectivity index (χ0) is 8.10. The fourth-order valence-electron chi connectivity index (χ4n) is 1.06. The van der Waals surface area contributed by atoms with Gasteiger partial charge in [-0.05, 0) is 24.5 Å². The van der Waals surface area contributed by atoms with Crippen LogP contribution in [0.1, 0.15) is 19.8 Å². The van der Waals surface area contributed by atoms with Gasteiger partial charge in [0.2, 0.25) is 0 Å².